The first kappa shape index (κ1) is 13.5. The summed E-state index contributed by atoms with van der Waals surface area (Å²) in [6, 6.07) is 7.04. The SMILES string of the molecule is C[C@@H](CCCCI)N1C(=O)c2ccccc2C1=O. The predicted octanol–water partition coefficient (Wildman–Crippen LogP) is 3.28. The fourth-order valence-corrected chi connectivity index (χ4v) is 2.81. The van der Waals surface area contributed by atoms with E-state index >= 15 is 0 Å². The van der Waals surface area contributed by atoms with E-state index in [4.69, 9.17) is 0 Å². The summed E-state index contributed by atoms with van der Waals surface area (Å²) >= 11 is 2.34. The molecule has 3 nitrogen and oxygen atoms in total. The minimum absolute atomic E-state index is 0.0136. The van der Waals surface area contributed by atoms with E-state index in [-0.39, 0.29) is 17.9 Å². The quantitative estimate of drug-likeness (QED) is 0.351. The molecule has 0 radical (unpaired) electrons. The lowest BCUT2D eigenvalue weighted by molar-refractivity contribution is 0.0588. The Morgan fingerprint density at radius 3 is 2.17 bits per heavy atom. The molecule has 0 aromatic heterocycles. The number of fused-ring (bicyclic) bond motifs is 1. The zero-order chi connectivity index (χ0) is 13.1. The lowest BCUT2D eigenvalue weighted by atomic mass is 10.1. The van der Waals surface area contributed by atoms with Crippen molar-refractivity contribution in [3.63, 3.8) is 0 Å². The second-order valence-electron chi connectivity index (χ2n) is 4.56. The van der Waals surface area contributed by atoms with Crippen molar-refractivity contribution in [3.8, 4) is 0 Å². The second kappa shape index (κ2) is 5.82. The molecule has 1 atom stereocenters. The number of carbonyl (C=O) groups is 2. The largest absolute Gasteiger partial charge is 0.272 e. The Morgan fingerprint density at radius 1 is 1.11 bits per heavy atom. The molecule has 96 valence electrons. The third kappa shape index (κ3) is 2.43. The molecule has 0 saturated heterocycles. The number of nitrogens with zero attached hydrogens (tertiary/aromatic N) is 1. The van der Waals surface area contributed by atoms with Crippen LogP contribution in [0.3, 0.4) is 0 Å². The smallest absolute Gasteiger partial charge is 0.261 e. The Hall–Kier alpha value is -0.910. The van der Waals surface area contributed by atoms with E-state index in [1.165, 1.54) is 4.90 Å². The normalized spacial score (nSPS) is 16.0. The van der Waals surface area contributed by atoms with Crippen LogP contribution in [0.2, 0.25) is 0 Å². The molecule has 0 saturated carbocycles. The first-order valence-electron chi connectivity index (χ1n) is 6.19. The van der Waals surface area contributed by atoms with Crippen LogP contribution in [0.25, 0.3) is 0 Å². The van der Waals surface area contributed by atoms with Gasteiger partial charge in [0.15, 0.2) is 0 Å². The standard InChI is InChI=1S/C14H16INO2/c1-10(6-4-5-9-15)16-13(17)11-7-2-3-8-12(11)14(16)18/h2-3,7-8,10H,4-6,9H2,1H3/t10-/m0/s1. The van der Waals surface area contributed by atoms with Crippen LogP contribution in [0.15, 0.2) is 24.3 Å². The third-order valence-corrected chi connectivity index (χ3v) is 4.03. The minimum atomic E-state index is -0.141. The molecule has 2 amide bonds. The molecule has 1 heterocycles. The summed E-state index contributed by atoms with van der Waals surface area (Å²) in [5, 5.41) is 0. The Bertz CT molecular complexity index is 438. The number of amides is 2. The van der Waals surface area contributed by atoms with Crippen molar-refractivity contribution in [2.75, 3.05) is 4.43 Å². The van der Waals surface area contributed by atoms with Crippen molar-refractivity contribution in [1.82, 2.24) is 4.90 Å². The summed E-state index contributed by atoms with van der Waals surface area (Å²) < 4.78 is 1.12. The summed E-state index contributed by atoms with van der Waals surface area (Å²) in [4.78, 5) is 25.8. The van der Waals surface area contributed by atoms with Crippen molar-refractivity contribution in [3.05, 3.63) is 35.4 Å². The van der Waals surface area contributed by atoms with Crippen molar-refractivity contribution >= 4 is 34.4 Å². The number of hydrogen-bond donors (Lipinski definition) is 0. The highest BCUT2D eigenvalue weighted by Crippen LogP contribution is 2.25. The summed E-state index contributed by atoms with van der Waals surface area (Å²) in [5.74, 6) is -0.282. The molecule has 2 rings (SSSR count). The summed E-state index contributed by atoms with van der Waals surface area (Å²) in [6.45, 7) is 1.95. The maximum atomic E-state index is 12.2. The molecule has 0 fully saturated rings. The van der Waals surface area contributed by atoms with Crippen LogP contribution in [0.5, 0.6) is 0 Å². The topological polar surface area (TPSA) is 37.4 Å². The van der Waals surface area contributed by atoms with E-state index in [1.54, 1.807) is 24.3 Å². The fraction of sp³-hybridized carbons (Fsp3) is 0.429. The number of unbranched alkanes of at least 4 members (excludes halogenated alkanes) is 1. The predicted molar refractivity (Wildman–Crippen MR) is 79.1 cm³/mol. The van der Waals surface area contributed by atoms with Gasteiger partial charge in [0.25, 0.3) is 11.8 Å². The highest BCUT2D eigenvalue weighted by Gasteiger charge is 2.37. The number of rotatable bonds is 5. The lowest BCUT2D eigenvalue weighted by Crippen LogP contribution is -2.37. The number of hydrogen-bond acceptors (Lipinski definition) is 2. The number of halogens is 1. The molecular weight excluding hydrogens is 341 g/mol. The Morgan fingerprint density at radius 2 is 1.67 bits per heavy atom. The third-order valence-electron chi connectivity index (χ3n) is 3.27. The molecule has 1 aliphatic rings. The Labute approximate surface area is 121 Å². The molecule has 0 bridgehead atoms. The molecule has 1 aromatic rings. The van der Waals surface area contributed by atoms with Gasteiger partial charge in [-0.05, 0) is 36.3 Å². The highest BCUT2D eigenvalue weighted by molar-refractivity contribution is 14.1. The molecule has 0 spiro atoms. The molecule has 1 aromatic carbocycles. The van der Waals surface area contributed by atoms with Crippen molar-refractivity contribution in [2.45, 2.75) is 32.2 Å². The van der Waals surface area contributed by atoms with Crippen LogP contribution < -0.4 is 0 Å². The zero-order valence-electron chi connectivity index (χ0n) is 10.4. The van der Waals surface area contributed by atoms with Crippen LogP contribution in [-0.2, 0) is 0 Å². The Kier molecular flexibility index (Phi) is 4.37. The second-order valence-corrected chi connectivity index (χ2v) is 5.64. The summed E-state index contributed by atoms with van der Waals surface area (Å²) in [7, 11) is 0. The van der Waals surface area contributed by atoms with Gasteiger partial charge in [0.05, 0.1) is 11.1 Å². The van der Waals surface area contributed by atoms with Gasteiger partial charge in [-0.2, -0.15) is 0 Å². The van der Waals surface area contributed by atoms with Gasteiger partial charge in [-0.25, -0.2) is 0 Å². The average molecular weight is 357 g/mol. The monoisotopic (exact) mass is 357 g/mol. The highest BCUT2D eigenvalue weighted by atomic mass is 127. The molecule has 4 heteroatoms. The van der Waals surface area contributed by atoms with Gasteiger partial charge in [-0.15, -0.1) is 0 Å². The maximum Gasteiger partial charge on any atom is 0.261 e. The first-order valence-corrected chi connectivity index (χ1v) is 7.72. The van der Waals surface area contributed by atoms with Gasteiger partial charge in [0.1, 0.15) is 0 Å². The van der Waals surface area contributed by atoms with Gasteiger partial charge in [0.2, 0.25) is 0 Å². The molecule has 0 N–H and O–H groups in total. The van der Waals surface area contributed by atoms with E-state index in [0.29, 0.717) is 11.1 Å². The minimum Gasteiger partial charge on any atom is -0.272 e. The number of alkyl halides is 1. The molecule has 0 aliphatic carbocycles. The summed E-state index contributed by atoms with van der Waals surface area (Å²) in [5.41, 5.74) is 1.09. The van der Waals surface area contributed by atoms with E-state index in [2.05, 4.69) is 22.6 Å². The number of benzene rings is 1. The van der Waals surface area contributed by atoms with Gasteiger partial charge in [-0.1, -0.05) is 41.1 Å². The molecule has 18 heavy (non-hydrogen) atoms. The van der Waals surface area contributed by atoms with Crippen LogP contribution in [0, 0.1) is 0 Å². The van der Waals surface area contributed by atoms with Crippen LogP contribution in [0.1, 0.15) is 46.9 Å². The lowest BCUT2D eigenvalue weighted by Gasteiger charge is -2.22. The van der Waals surface area contributed by atoms with Crippen LogP contribution >= 0.6 is 22.6 Å². The molecular formula is C14H16INO2. The van der Waals surface area contributed by atoms with Gasteiger partial charge >= 0.3 is 0 Å². The van der Waals surface area contributed by atoms with Crippen LogP contribution in [-0.4, -0.2) is 27.2 Å². The van der Waals surface area contributed by atoms with Gasteiger partial charge < -0.3 is 0 Å². The van der Waals surface area contributed by atoms with Crippen molar-refractivity contribution in [1.29, 1.82) is 0 Å². The van der Waals surface area contributed by atoms with Crippen molar-refractivity contribution < 1.29 is 9.59 Å². The average Bonchev–Trinajstić information content (AvgIpc) is 2.63. The molecule has 0 unspecified atom stereocenters. The van der Waals surface area contributed by atoms with E-state index in [9.17, 15) is 9.59 Å². The Balaban J connectivity index is 2.13. The number of imide groups is 1. The van der Waals surface area contributed by atoms with Crippen molar-refractivity contribution in [2.24, 2.45) is 0 Å². The van der Waals surface area contributed by atoms with E-state index < -0.39 is 0 Å². The number of carbonyl (C=O) groups excluding carboxylic acids is 2. The van der Waals surface area contributed by atoms with Gasteiger partial charge in [0, 0.05) is 6.04 Å². The van der Waals surface area contributed by atoms with E-state index in [1.807, 2.05) is 6.92 Å². The van der Waals surface area contributed by atoms with Gasteiger partial charge in [-0.3, -0.25) is 14.5 Å². The first-order chi connectivity index (χ1) is 8.66. The fourth-order valence-electron chi connectivity index (χ4n) is 2.27. The van der Waals surface area contributed by atoms with E-state index in [0.717, 1.165) is 23.7 Å². The maximum absolute atomic E-state index is 12.2. The van der Waals surface area contributed by atoms with Crippen LogP contribution in [0.4, 0.5) is 0 Å². The molecule has 1 aliphatic heterocycles. The summed E-state index contributed by atoms with van der Waals surface area (Å²) in [6.07, 6.45) is 3.07. The zero-order valence-corrected chi connectivity index (χ0v) is 12.5.